The summed E-state index contributed by atoms with van der Waals surface area (Å²) in [4.78, 5) is 24.5. The number of allylic oxidation sites excluding steroid dienone is 5. The summed E-state index contributed by atoms with van der Waals surface area (Å²) in [5.41, 5.74) is 0. The maximum atomic E-state index is 12.5. The molecule has 0 saturated carbocycles. The molecule has 0 bridgehead atoms. The van der Waals surface area contributed by atoms with Crippen molar-refractivity contribution >= 4 is 11.9 Å². The first kappa shape index (κ1) is 70.1. The Morgan fingerprint density at radius 2 is 0.653 bits per heavy atom. The Morgan fingerprint density at radius 3 is 1.01 bits per heavy atom. The Labute approximate surface area is 449 Å². The number of aliphatic hydroxyl groups excluding tert-OH is 2. The minimum Gasteiger partial charge on any atom is -0.466 e. The number of esters is 1. The number of hydrogen-bond acceptors (Lipinski definition) is 5. The number of nitrogens with one attached hydrogen (secondary N) is 1. The second-order valence-electron chi connectivity index (χ2n) is 22.1. The van der Waals surface area contributed by atoms with Crippen LogP contribution in [0, 0.1) is 0 Å². The fourth-order valence-corrected chi connectivity index (χ4v) is 9.92. The molecular formula is C66H125NO5. The molecule has 0 aliphatic rings. The van der Waals surface area contributed by atoms with Crippen molar-refractivity contribution in [3.8, 4) is 0 Å². The number of amides is 1. The van der Waals surface area contributed by atoms with Crippen LogP contribution in [-0.4, -0.2) is 47.4 Å². The Hall–Kier alpha value is -1.92. The lowest BCUT2D eigenvalue weighted by atomic mass is 10.0. The van der Waals surface area contributed by atoms with Crippen LogP contribution in [0.1, 0.15) is 348 Å². The monoisotopic (exact) mass is 1010 g/mol. The van der Waals surface area contributed by atoms with Gasteiger partial charge in [-0.05, 0) is 83.5 Å². The van der Waals surface area contributed by atoms with Crippen molar-refractivity contribution in [1.29, 1.82) is 0 Å². The zero-order valence-electron chi connectivity index (χ0n) is 48.4. The molecule has 0 aliphatic carbocycles. The van der Waals surface area contributed by atoms with Crippen molar-refractivity contribution in [2.45, 2.75) is 360 Å². The Bertz CT molecular complexity index is 1170. The molecule has 0 aromatic heterocycles. The van der Waals surface area contributed by atoms with E-state index in [1.807, 2.05) is 6.08 Å². The van der Waals surface area contributed by atoms with E-state index in [-0.39, 0.29) is 18.5 Å². The summed E-state index contributed by atoms with van der Waals surface area (Å²) in [6.07, 6.45) is 77.6. The van der Waals surface area contributed by atoms with Gasteiger partial charge in [0.25, 0.3) is 0 Å². The molecule has 2 unspecified atom stereocenters. The lowest BCUT2D eigenvalue weighted by Gasteiger charge is -2.20. The highest BCUT2D eigenvalue weighted by atomic mass is 16.5. The van der Waals surface area contributed by atoms with E-state index in [4.69, 9.17) is 4.74 Å². The third kappa shape index (κ3) is 57.4. The van der Waals surface area contributed by atoms with Gasteiger partial charge in [-0.2, -0.15) is 0 Å². The highest BCUT2D eigenvalue weighted by Crippen LogP contribution is 2.17. The van der Waals surface area contributed by atoms with E-state index in [1.165, 1.54) is 270 Å². The van der Waals surface area contributed by atoms with Crippen LogP contribution >= 0.6 is 0 Å². The summed E-state index contributed by atoms with van der Waals surface area (Å²) >= 11 is 0. The normalized spacial score (nSPS) is 12.8. The fourth-order valence-electron chi connectivity index (χ4n) is 9.92. The SMILES string of the molecule is CCCCC/C=C\CCCCCCCC(=O)OCCCCCCCCCCCCCC/C=C\CCCCCCCCCC(=O)NC(CO)C(O)/C=C/CCCCCCCCCCCCCCCCCCCC. The smallest absolute Gasteiger partial charge is 0.305 e. The lowest BCUT2D eigenvalue weighted by Crippen LogP contribution is -2.45. The molecular weight excluding hydrogens is 887 g/mol. The van der Waals surface area contributed by atoms with E-state index in [1.54, 1.807) is 6.08 Å². The quantitative estimate of drug-likeness (QED) is 0.0320. The van der Waals surface area contributed by atoms with Crippen molar-refractivity contribution in [2.24, 2.45) is 0 Å². The van der Waals surface area contributed by atoms with Gasteiger partial charge < -0.3 is 20.3 Å². The molecule has 0 saturated heterocycles. The van der Waals surface area contributed by atoms with Crippen LogP contribution < -0.4 is 5.32 Å². The summed E-state index contributed by atoms with van der Waals surface area (Å²) in [5.74, 6) is -0.0708. The van der Waals surface area contributed by atoms with Gasteiger partial charge in [0.05, 0.1) is 25.4 Å². The number of rotatable bonds is 60. The number of unbranched alkanes of at least 4 members (excludes halogenated alkanes) is 45. The number of aliphatic hydroxyl groups is 2. The van der Waals surface area contributed by atoms with Crippen molar-refractivity contribution in [2.75, 3.05) is 13.2 Å². The lowest BCUT2D eigenvalue weighted by molar-refractivity contribution is -0.143. The van der Waals surface area contributed by atoms with Gasteiger partial charge in [0.15, 0.2) is 0 Å². The van der Waals surface area contributed by atoms with Crippen LogP contribution in [-0.2, 0) is 14.3 Å². The van der Waals surface area contributed by atoms with E-state index in [0.29, 0.717) is 19.4 Å². The van der Waals surface area contributed by atoms with E-state index < -0.39 is 12.1 Å². The Kier molecular flexibility index (Phi) is 60.0. The maximum absolute atomic E-state index is 12.5. The molecule has 6 heteroatoms. The predicted molar refractivity (Wildman–Crippen MR) is 315 cm³/mol. The van der Waals surface area contributed by atoms with Gasteiger partial charge in [-0.15, -0.1) is 0 Å². The van der Waals surface area contributed by atoms with Gasteiger partial charge in [-0.25, -0.2) is 0 Å². The molecule has 3 N–H and O–H groups in total. The van der Waals surface area contributed by atoms with Gasteiger partial charge in [0, 0.05) is 12.8 Å². The van der Waals surface area contributed by atoms with Gasteiger partial charge >= 0.3 is 5.97 Å². The maximum Gasteiger partial charge on any atom is 0.305 e. The van der Waals surface area contributed by atoms with Gasteiger partial charge in [0.1, 0.15) is 0 Å². The summed E-state index contributed by atoms with van der Waals surface area (Å²) in [6.45, 7) is 4.89. The summed E-state index contributed by atoms with van der Waals surface area (Å²) in [6, 6.07) is -0.633. The molecule has 0 aromatic rings. The molecule has 6 nitrogen and oxygen atoms in total. The molecule has 0 spiro atoms. The van der Waals surface area contributed by atoms with E-state index in [9.17, 15) is 19.8 Å². The average molecular weight is 1010 g/mol. The van der Waals surface area contributed by atoms with Crippen molar-refractivity contribution < 1.29 is 24.5 Å². The second-order valence-corrected chi connectivity index (χ2v) is 22.1. The van der Waals surface area contributed by atoms with Crippen molar-refractivity contribution in [3.63, 3.8) is 0 Å². The summed E-state index contributed by atoms with van der Waals surface area (Å²) in [7, 11) is 0. The molecule has 1 amide bonds. The van der Waals surface area contributed by atoms with Crippen molar-refractivity contribution in [1.82, 2.24) is 5.32 Å². The number of hydrogen-bond donors (Lipinski definition) is 3. The molecule has 0 heterocycles. The molecule has 0 radical (unpaired) electrons. The minimum atomic E-state index is -0.849. The van der Waals surface area contributed by atoms with E-state index in [2.05, 4.69) is 43.5 Å². The first-order valence-electron chi connectivity index (χ1n) is 32.3. The summed E-state index contributed by atoms with van der Waals surface area (Å²) in [5, 5.41) is 23.2. The molecule has 424 valence electrons. The molecule has 0 rings (SSSR count). The van der Waals surface area contributed by atoms with Crippen molar-refractivity contribution in [3.05, 3.63) is 36.5 Å². The standard InChI is InChI=1S/C66H125NO5/c1-3-5-7-9-11-13-15-17-18-19-20-26-29-32-35-38-42-46-50-54-58-64(69)63(62-68)67-65(70)59-55-51-47-43-39-36-33-30-27-24-22-21-23-25-28-31-34-37-41-45-49-53-57-61-72-66(71)60-56-52-48-44-40-16-14-12-10-8-6-4-2/h12,14,24,27,54,58,63-64,68-69H,3-11,13,15-23,25-26,28-53,55-57,59-62H2,1-2H3,(H,67,70)/b14-12-,27-24-,58-54+. The zero-order chi connectivity index (χ0) is 52.2. The largest absolute Gasteiger partial charge is 0.466 e. The van der Waals surface area contributed by atoms with E-state index >= 15 is 0 Å². The number of ether oxygens (including phenoxy) is 1. The topological polar surface area (TPSA) is 95.9 Å². The highest BCUT2D eigenvalue weighted by Gasteiger charge is 2.18. The number of carbonyl (C=O) groups is 2. The van der Waals surface area contributed by atoms with Gasteiger partial charge in [-0.1, -0.05) is 288 Å². The van der Waals surface area contributed by atoms with Crippen LogP contribution in [0.4, 0.5) is 0 Å². The molecule has 2 atom stereocenters. The molecule has 72 heavy (non-hydrogen) atoms. The molecule has 0 aliphatic heterocycles. The Morgan fingerprint density at radius 1 is 0.375 bits per heavy atom. The van der Waals surface area contributed by atoms with Crippen LogP contribution in [0.3, 0.4) is 0 Å². The second kappa shape index (κ2) is 61.6. The third-order valence-electron chi connectivity index (χ3n) is 14.9. The molecule has 0 fully saturated rings. The summed E-state index contributed by atoms with van der Waals surface area (Å²) < 4.78 is 5.47. The molecule has 0 aromatic carbocycles. The third-order valence-corrected chi connectivity index (χ3v) is 14.9. The first-order chi connectivity index (χ1) is 35.5. The van der Waals surface area contributed by atoms with Crippen LogP contribution in [0.15, 0.2) is 36.5 Å². The van der Waals surface area contributed by atoms with E-state index in [0.717, 1.165) is 51.4 Å². The Balaban J connectivity index is 3.45. The van der Waals surface area contributed by atoms with Crippen LogP contribution in [0.25, 0.3) is 0 Å². The fraction of sp³-hybridized carbons (Fsp3) is 0.879. The van der Waals surface area contributed by atoms with Crippen LogP contribution in [0.5, 0.6) is 0 Å². The van der Waals surface area contributed by atoms with Gasteiger partial charge in [0.2, 0.25) is 5.91 Å². The number of carbonyl (C=O) groups excluding carboxylic acids is 2. The minimum absolute atomic E-state index is 0.000979. The average Bonchev–Trinajstić information content (AvgIpc) is 3.38. The first-order valence-corrected chi connectivity index (χ1v) is 32.3. The predicted octanol–water partition coefficient (Wildman–Crippen LogP) is 20.4. The zero-order valence-corrected chi connectivity index (χ0v) is 48.4. The highest BCUT2D eigenvalue weighted by molar-refractivity contribution is 5.76. The van der Waals surface area contributed by atoms with Gasteiger partial charge in [-0.3, -0.25) is 9.59 Å². The van der Waals surface area contributed by atoms with Crippen LogP contribution in [0.2, 0.25) is 0 Å².